The fourth-order valence-electron chi connectivity index (χ4n) is 2.65. The highest BCUT2D eigenvalue weighted by molar-refractivity contribution is 5.86. The molecule has 5 heteroatoms. The number of carboxylic acid groups (broad SMARTS) is 1. The Morgan fingerprint density at radius 2 is 2.05 bits per heavy atom. The average molecular weight is 273 g/mol. The summed E-state index contributed by atoms with van der Waals surface area (Å²) in [4.78, 5) is 23.1. The van der Waals surface area contributed by atoms with E-state index in [9.17, 15) is 9.59 Å². The van der Waals surface area contributed by atoms with Crippen molar-refractivity contribution in [3.05, 3.63) is 42.0 Å². The minimum Gasteiger partial charge on any atom is -0.492 e. The Hall–Kier alpha value is -2.30. The molecule has 1 heterocycles. The Kier molecular flexibility index (Phi) is 3.18. The van der Waals surface area contributed by atoms with E-state index >= 15 is 0 Å². The first-order chi connectivity index (χ1) is 9.65. The number of benzene rings is 1. The van der Waals surface area contributed by atoms with E-state index in [1.54, 1.807) is 12.2 Å². The van der Waals surface area contributed by atoms with Crippen LogP contribution >= 0.6 is 0 Å². The van der Waals surface area contributed by atoms with Crippen molar-refractivity contribution in [3.63, 3.8) is 0 Å². The maximum atomic E-state index is 12.3. The monoisotopic (exact) mass is 273 g/mol. The molecule has 2 aliphatic rings. The van der Waals surface area contributed by atoms with Crippen molar-refractivity contribution < 1.29 is 19.4 Å². The van der Waals surface area contributed by atoms with Gasteiger partial charge in [0.25, 0.3) is 0 Å². The fourth-order valence-corrected chi connectivity index (χ4v) is 2.65. The molecule has 3 unspecified atom stereocenters. The molecule has 20 heavy (non-hydrogen) atoms. The summed E-state index contributed by atoms with van der Waals surface area (Å²) in [6.07, 6.45) is 3.79. The quantitative estimate of drug-likeness (QED) is 0.814. The molecule has 1 aliphatic carbocycles. The molecule has 104 valence electrons. The summed E-state index contributed by atoms with van der Waals surface area (Å²) in [6, 6.07) is 7.27. The third-order valence-corrected chi connectivity index (χ3v) is 3.74. The predicted molar refractivity (Wildman–Crippen MR) is 71.5 cm³/mol. The van der Waals surface area contributed by atoms with Gasteiger partial charge in [-0.1, -0.05) is 30.4 Å². The molecule has 0 bridgehead atoms. The molecule has 0 saturated carbocycles. The number of fused-ring (bicyclic) bond motifs is 1. The number of carboxylic acids is 1. The van der Waals surface area contributed by atoms with Crippen LogP contribution in [0.4, 0.5) is 0 Å². The average Bonchev–Trinajstić information content (AvgIpc) is 3.04. The van der Waals surface area contributed by atoms with Crippen molar-refractivity contribution in [2.24, 2.45) is 5.92 Å². The Bertz CT molecular complexity index is 581. The molecule has 3 atom stereocenters. The lowest BCUT2D eigenvalue weighted by Gasteiger charge is -2.15. The number of hydrogen-bond donors (Lipinski definition) is 2. The van der Waals surface area contributed by atoms with Crippen LogP contribution < -0.4 is 10.1 Å². The Morgan fingerprint density at radius 3 is 2.80 bits per heavy atom. The van der Waals surface area contributed by atoms with Gasteiger partial charge in [-0.2, -0.15) is 0 Å². The summed E-state index contributed by atoms with van der Waals surface area (Å²) in [5, 5.41) is 11.8. The van der Waals surface area contributed by atoms with Crippen LogP contribution in [-0.4, -0.2) is 29.6 Å². The van der Waals surface area contributed by atoms with Gasteiger partial charge in [-0.25, -0.2) is 0 Å². The molecular weight excluding hydrogens is 258 g/mol. The van der Waals surface area contributed by atoms with Gasteiger partial charge in [0.05, 0.1) is 5.92 Å². The third-order valence-electron chi connectivity index (χ3n) is 3.74. The van der Waals surface area contributed by atoms with Crippen molar-refractivity contribution in [1.82, 2.24) is 5.32 Å². The van der Waals surface area contributed by atoms with E-state index in [0.29, 0.717) is 13.0 Å². The van der Waals surface area contributed by atoms with E-state index in [2.05, 4.69) is 5.32 Å². The molecule has 1 aromatic carbocycles. The molecule has 5 nitrogen and oxygen atoms in total. The molecule has 3 rings (SSSR count). The molecule has 0 radical (unpaired) electrons. The first-order valence-electron chi connectivity index (χ1n) is 6.58. The molecule has 0 fully saturated rings. The lowest BCUT2D eigenvalue weighted by Crippen LogP contribution is -2.37. The van der Waals surface area contributed by atoms with Gasteiger partial charge in [0.15, 0.2) is 0 Å². The highest BCUT2D eigenvalue weighted by Gasteiger charge is 2.32. The van der Waals surface area contributed by atoms with Crippen LogP contribution in [-0.2, 0) is 9.59 Å². The SMILES string of the molecule is O=C(O)C1C=CC(NC(=O)C2COc3ccccc32)C1. The number of rotatable bonds is 3. The molecule has 0 aromatic heterocycles. The summed E-state index contributed by atoms with van der Waals surface area (Å²) in [7, 11) is 0. The number of nitrogens with one attached hydrogen (secondary N) is 1. The second-order valence-corrected chi connectivity index (χ2v) is 5.08. The van der Waals surface area contributed by atoms with Gasteiger partial charge in [-0.05, 0) is 12.5 Å². The lowest BCUT2D eigenvalue weighted by atomic mass is 10.00. The van der Waals surface area contributed by atoms with Crippen LogP contribution in [0.5, 0.6) is 5.75 Å². The minimum absolute atomic E-state index is 0.115. The van der Waals surface area contributed by atoms with Gasteiger partial charge < -0.3 is 15.2 Å². The number of carbonyl (C=O) groups is 2. The van der Waals surface area contributed by atoms with Gasteiger partial charge in [-0.3, -0.25) is 9.59 Å². The lowest BCUT2D eigenvalue weighted by molar-refractivity contribution is -0.140. The van der Waals surface area contributed by atoms with Crippen molar-refractivity contribution in [3.8, 4) is 5.75 Å². The Morgan fingerprint density at radius 1 is 1.25 bits per heavy atom. The smallest absolute Gasteiger partial charge is 0.310 e. The fraction of sp³-hybridized carbons (Fsp3) is 0.333. The Labute approximate surface area is 116 Å². The molecule has 1 aliphatic heterocycles. The van der Waals surface area contributed by atoms with E-state index < -0.39 is 11.9 Å². The normalized spacial score (nSPS) is 26.9. The predicted octanol–water partition coefficient (Wildman–Crippen LogP) is 1.31. The van der Waals surface area contributed by atoms with E-state index in [1.807, 2.05) is 24.3 Å². The summed E-state index contributed by atoms with van der Waals surface area (Å²) in [6.45, 7) is 0.337. The van der Waals surface area contributed by atoms with Crippen molar-refractivity contribution in [1.29, 1.82) is 0 Å². The Balaban J connectivity index is 1.64. The maximum absolute atomic E-state index is 12.3. The highest BCUT2D eigenvalue weighted by Crippen LogP contribution is 2.33. The second-order valence-electron chi connectivity index (χ2n) is 5.08. The zero-order chi connectivity index (χ0) is 14.1. The third kappa shape index (κ3) is 2.27. The minimum atomic E-state index is -0.854. The van der Waals surface area contributed by atoms with Gasteiger partial charge in [0.2, 0.25) is 5.91 Å². The zero-order valence-corrected chi connectivity index (χ0v) is 10.8. The summed E-state index contributed by atoms with van der Waals surface area (Å²) < 4.78 is 5.48. The first-order valence-corrected chi connectivity index (χ1v) is 6.58. The van der Waals surface area contributed by atoms with Crippen LogP contribution in [0.3, 0.4) is 0 Å². The number of hydrogen-bond acceptors (Lipinski definition) is 3. The van der Waals surface area contributed by atoms with Gasteiger partial charge >= 0.3 is 5.97 Å². The van der Waals surface area contributed by atoms with E-state index in [1.165, 1.54) is 0 Å². The van der Waals surface area contributed by atoms with Gasteiger partial charge in [-0.15, -0.1) is 0 Å². The van der Waals surface area contributed by atoms with E-state index in [-0.39, 0.29) is 17.9 Å². The van der Waals surface area contributed by atoms with Gasteiger partial charge in [0.1, 0.15) is 18.3 Å². The van der Waals surface area contributed by atoms with Crippen molar-refractivity contribution in [2.45, 2.75) is 18.4 Å². The second kappa shape index (κ2) is 5.00. The molecule has 2 N–H and O–H groups in total. The molecule has 0 saturated heterocycles. The summed E-state index contributed by atoms with van der Waals surface area (Å²) in [5.41, 5.74) is 0.891. The number of para-hydroxylation sites is 1. The number of aliphatic carboxylic acids is 1. The molecule has 0 spiro atoms. The van der Waals surface area contributed by atoms with Crippen LogP contribution in [0.2, 0.25) is 0 Å². The number of amides is 1. The van der Waals surface area contributed by atoms with Crippen LogP contribution in [0.15, 0.2) is 36.4 Å². The summed E-state index contributed by atoms with van der Waals surface area (Å²) in [5.74, 6) is -1.04. The molecule has 1 aromatic rings. The molecule has 1 amide bonds. The highest BCUT2D eigenvalue weighted by atomic mass is 16.5. The number of carbonyl (C=O) groups excluding carboxylic acids is 1. The van der Waals surface area contributed by atoms with E-state index in [0.717, 1.165) is 11.3 Å². The topological polar surface area (TPSA) is 75.6 Å². The zero-order valence-electron chi connectivity index (χ0n) is 10.8. The van der Waals surface area contributed by atoms with Gasteiger partial charge in [0, 0.05) is 11.6 Å². The van der Waals surface area contributed by atoms with E-state index in [4.69, 9.17) is 9.84 Å². The standard InChI is InChI=1S/C15H15NO4/c17-14(16-10-6-5-9(7-10)15(18)19)12-8-20-13-4-2-1-3-11(12)13/h1-6,9-10,12H,7-8H2,(H,16,17)(H,18,19). The number of ether oxygens (including phenoxy) is 1. The first kappa shape index (κ1) is 12.7. The summed E-state index contributed by atoms with van der Waals surface area (Å²) >= 11 is 0. The largest absolute Gasteiger partial charge is 0.492 e. The van der Waals surface area contributed by atoms with Crippen LogP contribution in [0.1, 0.15) is 17.9 Å². The van der Waals surface area contributed by atoms with Crippen molar-refractivity contribution >= 4 is 11.9 Å². The molecular formula is C15H15NO4. The van der Waals surface area contributed by atoms with Crippen LogP contribution in [0.25, 0.3) is 0 Å². The van der Waals surface area contributed by atoms with Crippen LogP contribution in [0, 0.1) is 5.92 Å². The maximum Gasteiger partial charge on any atom is 0.310 e. The van der Waals surface area contributed by atoms with Crippen molar-refractivity contribution in [2.75, 3.05) is 6.61 Å².